The lowest BCUT2D eigenvalue weighted by Crippen LogP contribution is -2.47. The number of terminal acetylenes is 1. The Balaban J connectivity index is 1.24. The van der Waals surface area contributed by atoms with E-state index in [9.17, 15) is 13.9 Å². The molecule has 4 aromatic rings. The Bertz CT molecular complexity index is 1980. The van der Waals surface area contributed by atoms with Gasteiger partial charge in [-0.3, -0.25) is 4.90 Å². The van der Waals surface area contributed by atoms with Crippen molar-refractivity contribution < 1.29 is 27.8 Å². The number of halogens is 3. The average molecular weight is 628 g/mol. The zero-order chi connectivity index (χ0) is 31.3. The molecule has 2 unspecified atom stereocenters. The molecule has 6 heterocycles. The Hall–Kier alpha value is -4.30. The highest BCUT2D eigenvalue weighted by Crippen LogP contribution is 2.60. The minimum absolute atomic E-state index is 0.00579. The molecule has 1 N–H and O–H groups in total. The first kappa shape index (κ1) is 28.0. The molecule has 4 aliphatic heterocycles. The van der Waals surface area contributed by atoms with Gasteiger partial charge in [-0.15, -0.1) is 6.42 Å². The van der Waals surface area contributed by atoms with Gasteiger partial charge < -0.3 is 19.5 Å². The molecule has 11 heteroatoms. The fourth-order valence-corrected chi connectivity index (χ4v) is 8.69. The molecule has 0 spiro atoms. The first-order chi connectivity index (χ1) is 22.3. The Labute approximate surface area is 263 Å². The monoisotopic (exact) mass is 627 g/mol. The van der Waals surface area contributed by atoms with Gasteiger partial charge >= 0.3 is 6.01 Å². The number of benzene rings is 2. The molecule has 46 heavy (non-hydrogen) atoms. The highest BCUT2D eigenvalue weighted by molar-refractivity contribution is 6.04. The number of alkyl halides is 1. The van der Waals surface area contributed by atoms with Crippen molar-refractivity contribution in [1.29, 1.82) is 0 Å². The maximum atomic E-state index is 17.0. The molecule has 2 aromatic carbocycles. The topological polar surface area (TPSA) is 83.8 Å². The maximum absolute atomic E-state index is 17.0. The predicted octanol–water partition coefficient (Wildman–Crippen LogP) is 5.76. The fraction of sp³-hybridized carbons (Fsp3) is 0.457. The van der Waals surface area contributed by atoms with Crippen molar-refractivity contribution in [3.05, 3.63) is 41.5 Å². The van der Waals surface area contributed by atoms with Gasteiger partial charge in [0.2, 0.25) is 5.88 Å². The molecular weight excluding hydrogens is 595 g/mol. The molecule has 1 aliphatic carbocycles. The van der Waals surface area contributed by atoms with Crippen LogP contribution in [0.5, 0.6) is 17.6 Å². The van der Waals surface area contributed by atoms with Gasteiger partial charge in [0.05, 0.1) is 17.1 Å². The Morgan fingerprint density at radius 3 is 2.87 bits per heavy atom. The summed E-state index contributed by atoms with van der Waals surface area (Å²) in [6.07, 6.45) is 10.2. The van der Waals surface area contributed by atoms with E-state index in [0.717, 1.165) is 38.6 Å². The summed E-state index contributed by atoms with van der Waals surface area (Å²) in [6, 6.07) is 5.45. The smallest absolute Gasteiger partial charge is 0.319 e. The van der Waals surface area contributed by atoms with Crippen LogP contribution in [0.1, 0.15) is 44.1 Å². The number of anilines is 1. The number of aromatic nitrogens is 3. The Morgan fingerprint density at radius 1 is 1.11 bits per heavy atom. The molecule has 5 atom stereocenters. The molecule has 3 saturated heterocycles. The molecule has 2 aromatic heterocycles. The summed E-state index contributed by atoms with van der Waals surface area (Å²) in [5, 5.41) is 11.6. The van der Waals surface area contributed by atoms with Gasteiger partial charge in [-0.1, -0.05) is 24.8 Å². The number of hydrogen-bond acceptors (Lipinski definition) is 8. The van der Waals surface area contributed by atoms with Crippen LogP contribution in [0.15, 0.2) is 24.3 Å². The van der Waals surface area contributed by atoms with Crippen LogP contribution in [-0.4, -0.2) is 75.6 Å². The first-order valence-corrected chi connectivity index (χ1v) is 16.1. The second-order valence-electron chi connectivity index (χ2n) is 13.5. The van der Waals surface area contributed by atoms with Crippen molar-refractivity contribution in [1.82, 2.24) is 19.9 Å². The molecular formula is C35H32F3N5O3. The van der Waals surface area contributed by atoms with Crippen molar-refractivity contribution in [2.45, 2.75) is 56.3 Å². The molecule has 0 bridgehead atoms. The van der Waals surface area contributed by atoms with Crippen LogP contribution in [0.25, 0.3) is 32.9 Å². The number of rotatable bonds is 4. The molecule has 0 radical (unpaired) electrons. The van der Waals surface area contributed by atoms with Crippen molar-refractivity contribution >= 4 is 27.5 Å². The lowest BCUT2D eigenvalue weighted by molar-refractivity contribution is 0.0828. The van der Waals surface area contributed by atoms with Gasteiger partial charge in [-0.2, -0.15) is 9.97 Å². The summed E-state index contributed by atoms with van der Waals surface area (Å²) >= 11 is 0. The Kier molecular flexibility index (Phi) is 6.14. The SMILES string of the molecule is C#Cc1c(F)ccc2cc(O)cc(-c3nc4c5c(nc(OC[C@]67C[C@@H](F)CN6CC6CC67)nc5c3F)N3CCCCC[C@H]3CO4)c12. The number of aromatic hydroxyl groups is 1. The third kappa shape index (κ3) is 4.08. The summed E-state index contributed by atoms with van der Waals surface area (Å²) in [7, 11) is 0. The molecule has 9 rings (SSSR count). The second-order valence-corrected chi connectivity index (χ2v) is 13.5. The minimum Gasteiger partial charge on any atom is -0.508 e. The first-order valence-electron chi connectivity index (χ1n) is 16.1. The normalized spacial score (nSPS) is 28.2. The lowest BCUT2D eigenvalue weighted by atomic mass is 9.92. The molecule has 1 saturated carbocycles. The number of hydrogen-bond donors (Lipinski definition) is 1. The zero-order valence-corrected chi connectivity index (χ0v) is 25.1. The van der Waals surface area contributed by atoms with Gasteiger partial charge in [-0.25, -0.2) is 18.2 Å². The van der Waals surface area contributed by atoms with Crippen LogP contribution < -0.4 is 14.4 Å². The third-order valence-electron chi connectivity index (χ3n) is 10.9. The summed E-state index contributed by atoms with van der Waals surface area (Å²) in [6.45, 7) is 2.50. The second kappa shape index (κ2) is 10.1. The van der Waals surface area contributed by atoms with Gasteiger partial charge in [0, 0.05) is 37.0 Å². The van der Waals surface area contributed by atoms with Crippen molar-refractivity contribution in [3.8, 4) is 41.2 Å². The number of phenols is 1. The average Bonchev–Trinajstić information content (AvgIpc) is 3.75. The van der Waals surface area contributed by atoms with E-state index in [1.807, 2.05) is 0 Å². The summed E-state index contributed by atoms with van der Waals surface area (Å²) in [5.74, 6) is 2.36. The predicted molar refractivity (Wildman–Crippen MR) is 166 cm³/mol. The highest BCUT2D eigenvalue weighted by atomic mass is 19.1. The van der Waals surface area contributed by atoms with E-state index in [1.54, 1.807) is 0 Å². The largest absolute Gasteiger partial charge is 0.508 e. The summed E-state index contributed by atoms with van der Waals surface area (Å²) < 4.78 is 59.2. The van der Waals surface area contributed by atoms with Crippen LogP contribution in [0.3, 0.4) is 0 Å². The van der Waals surface area contributed by atoms with E-state index < -0.39 is 23.3 Å². The van der Waals surface area contributed by atoms with Crippen LogP contribution in [0.4, 0.5) is 19.0 Å². The molecule has 0 amide bonds. The number of phenolic OH excluding ortho intramolecular Hbond substituents is 1. The third-order valence-corrected chi connectivity index (χ3v) is 10.9. The Morgan fingerprint density at radius 2 is 2.00 bits per heavy atom. The van der Waals surface area contributed by atoms with Gasteiger partial charge in [0.15, 0.2) is 5.82 Å². The standard InChI is InChI=1S/C35H32F3N5O3/c1-2-23-26(37)8-7-18-10-22(44)12-24(27(18)23)30-29(38)31-28-32(43-9-5-3-4-6-21(43)16-45-33(28)39-30)41-34(40-31)46-17-35-13-20(36)15-42(35)14-19-11-25(19)35/h1,7-8,10,12,19-21,25,44H,3-6,9,11,13-17H2/t19?,20-,21+,25?,35+/m1/s1. The van der Waals surface area contributed by atoms with E-state index in [2.05, 4.69) is 25.7 Å². The van der Waals surface area contributed by atoms with Crippen LogP contribution in [0, 0.1) is 35.8 Å². The minimum atomic E-state index is -0.911. The van der Waals surface area contributed by atoms with Gasteiger partial charge in [0.25, 0.3) is 0 Å². The van der Waals surface area contributed by atoms with Crippen molar-refractivity contribution in [2.75, 3.05) is 37.7 Å². The van der Waals surface area contributed by atoms with Crippen LogP contribution in [0.2, 0.25) is 0 Å². The fourth-order valence-electron chi connectivity index (χ4n) is 8.69. The van der Waals surface area contributed by atoms with Crippen molar-refractivity contribution in [3.63, 3.8) is 0 Å². The maximum Gasteiger partial charge on any atom is 0.319 e. The zero-order valence-electron chi connectivity index (χ0n) is 25.1. The lowest BCUT2D eigenvalue weighted by Gasteiger charge is -2.34. The molecule has 5 aliphatic rings. The van der Waals surface area contributed by atoms with E-state index >= 15 is 4.39 Å². The highest BCUT2D eigenvalue weighted by Gasteiger charge is 2.66. The van der Waals surface area contributed by atoms with Gasteiger partial charge in [-0.05, 0) is 54.7 Å². The van der Waals surface area contributed by atoms with Crippen LogP contribution in [-0.2, 0) is 0 Å². The van der Waals surface area contributed by atoms with E-state index in [4.69, 9.17) is 20.9 Å². The number of fused-ring (bicyclic) bond motifs is 6. The van der Waals surface area contributed by atoms with E-state index in [0.29, 0.717) is 54.5 Å². The number of ether oxygens (including phenoxy) is 2. The van der Waals surface area contributed by atoms with Crippen LogP contribution >= 0.6 is 0 Å². The van der Waals surface area contributed by atoms with Crippen molar-refractivity contribution in [2.24, 2.45) is 11.8 Å². The van der Waals surface area contributed by atoms with Gasteiger partial charge in [0.1, 0.15) is 53.4 Å². The van der Waals surface area contributed by atoms with E-state index in [1.165, 1.54) is 24.3 Å². The molecule has 8 nitrogen and oxygen atoms in total. The summed E-state index contributed by atoms with van der Waals surface area (Å²) in [5.41, 5.74) is -0.602. The van der Waals surface area contributed by atoms with E-state index in [-0.39, 0.29) is 58.0 Å². The quantitative estimate of drug-likeness (QED) is 0.286. The number of nitrogens with zero attached hydrogens (tertiary/aromatic N) is 5. The number of piperidine rings is 1. The molecule has 236 valence electrons. The number of pyridine rings is 1. The summed E-state index contributed by atoms with van der Waals surface area (Å²) in [4.78, 5) is 18.5. The molecule has 4 fully saturated rings.